The number of hydrogen-bond donors (Lipinski definition) is 2. The molecule has 0 aliphatic heterocycles. The molecule has 2 N–H and O–H groups in total. The highest BCUT2D eigenvalue weighted by Gasteiger charge is 2.12. The lowest BCUT2D eigenvalue weighted by atomic mass is 10.2. The molecule has 1 atom stereocenters. The average molecular weight is 489 g/mol. The van der Waals surface area contributed by atoms with Crippen LogP contribution in [0.3, 0.4) is 0 Å². The maximum absolute atomic E-state index is 5.89. The molecule has 1 unspecified atom stereocenters. The minimum atomic E-state index is 0. The summed E-state index contributed by atoms with van der Waals surface area (Å²) in [6.45, 7) is 7.58. The number of ether oxygens (including phenoxy) is 2. The molecule has 0 aliphatic carbocycles. The molecule has 2 rings (SSSR count). The summed E-state index contributed by atoms with van der Waals surface area (Å²) in [5.41, 5.74) is 0.897. The monoisotopic (exact) mass is 489 g/mol. The largest absolute Gasteiger partial charge is 0.459 e. The number of aliphatic imine (C=N–C) groups is 1. The van der Waals surface area contributed by atoms with Crippen LogP contribution in [0.2, 0.25) is 0 Å². The molecule has 6 nitrogen and oxygen atoms in total. The van der Waals surface area contributed by atoms with E-state index in [9.17, 15) is 0 Å². The normalized spacial score (nSPS) is 12.6. The van der Waals surface area contributed by atoms with E-state index >= 15 is 0 Å². The highest BCUT2D eigenvalue weighted by molar-refractivity contribution is 14.0. The minimum absolute atomic E-state index is 0. The van der Waals surface area contributed by atoms with Gasteiger partial charge in [0, 0.05) is 25.6 Å². The van der Waals surface area contributed by atoms with Crippen LogP contribution < -0.4 is 10.6 Å². The highest BCUT2D eigenvalue weighted by Crippen LogP contribution is 2.23. The first-order valence-electron chi connectivity index (χ1n) is 9.35. The Kier molecular flexibility index (Phi) is 12.1. The molecule has 0 radical (unpaired) electrons. The van der Waals surface area contributed by atoms with Gasteiger partial charge in [0.2, 0.25) is 0 Å². The van der Waals surface area contributed by atoms with Crippen LogP contribution in [0.1, 0.15) is 38.5 Å². The molecule has 0 spiro atoms. The molecule has 0 saturated carbocycles. The van der Waals surface area contributed by atoms with Crippen molar-refractivity contribution in [2.24, 2.45) is 4.99 Å². The Labute approximate surface area is 179 Å². The fourth-order valence-corrected chi connectivity index (χ4v) is 2.50. The second-order valence-corrected chi connectivity index (χ2v) is 6.13. The smallest absolute Gasteiger partial charge is 0.191 e. The summed E-state index contributed by atoms with van der Waals surface area (Å²) in [5.74, 6) is 1.61. The summed E-state index contributed by atoms with van der Waals surface area (Å²) in [5, 5.41) is 7.69. The number of fused-ring (bicyclic) bond motifs is 1. The first-order chi connectivity index (χ1) is 12.7. The maximum atomic E-state index is 5.89. The highest BCUT2D eigenvalue weighted by atomic mass is 127. The van der Waals surface area contributed by atoms with E-state index in [0.29, 0.717) is 26.4 Å². The van der Waals surface area contributed by atoms with Crippen LogP contribution in [0.15, 0.2) is 39.7 Å². The van der Waals surface area contributed by atoms with E-state index in [-0.39, 0.29) is 30.0 Å². The van der Waals surface area contributed by atoms with E-state index in [0.717, 1.165) is 42.1 Å². The molecule has 27 heavy (non-hydrogen) atoms. The van der Waals surface area contributed by atoms with Gasteiger partial charge in [-0.2, -0.15) is 0 Å². The lowest BCUT2D eigenvalue weighted by molar-refractivity contribution is 0.0487. The molecule has 152 valence electrons. The van der Waals surface area contributed by atoms with E-state index < -0.39 is 0 Å². The third-order valence-electron chi connectivity index (χ3n) is 4.00. The van der Waals surface area contributed by atoms with Crippen molar-refractivity contribution >= 4 is 40.9 Å². The van der Waals surface area contributed by atoms with Gasteiger partial charge in [-0.25, -0.2) is 0 Å². The van der Waals surface area contributed by atoms with Crippen molar-refractivity contribution in [2.45, 2.75) is 32.7 Å². The lowest BCUT2D eigenvalue weighted by Crippen LogP contribution is -2.40. The predicted molar refractivity (Wildman–Crippen MR) is 121 cm³/mol. The van der Waals surface area contributed by atoms with Crippen molar-refractivity contribution in [2.75, 3.05) is 40.0 Å². The Balaban J connectivity index is 0.00000364. The summed E-state index contributed by atoms with van der Waals surface area (Å²) in [6, 6.07) is 10.1. The molecule has 0 aliphatic rings. The molecule has 7 heteroatoms. The number of unbranched alkanes of at least 4 members (excludes halogenated alkanes) is 1. The van der Waals surface area contributed by atoms with Crippen molar-refractivity contribution in [1.29, 1.82) is 0 Å². The summed E-state index contributed by atoms with van der Waals surface area (Å²) < 4.78 is 16.9. The Morgan fingerprint density at radius 2 is 1.89 bits per heavy atom. The number of rotatable bonds is 11. The number of hydrogen-bond acceptors (Lipinski definition) is 4. The number of guanidine groups is 1. The fraction of sp³-hybridized carbons (Fsp3) is 0.550. The van der Waals surface area contributed by atoms with Gasteiger partial charge in [0.05, 0.1) is 25.9 Å². The first kappa shape index (κ1) is 23.7. The Hall–Kier alpha value is -1.32. The molecule has 1 aromatic carbocycles. The number of nitrogens with zero attached hydrogens (tertiary/aromatic N) is 1. The molecular formula is C20H32IN3O3. The molecule has 1 heterocycles. The SMILES string of the molecule is CCCCOCCOCCNC(=NC)NC(C)c1cc2ccccc2o1.I. The average Bonchev–Trinajstić information content (AvgIpc) is 3.10. The van der Waals surface area contributed by atoms with Crippen LogP contribution in [-0.4, -0.2) is 46.0 Å². The van der Waals surface area contributed by atoms with E-state index in [4.69, 9.17) is 13.9 Å². The Morgan fingerprint density at radius 3 is 2.59 bits per heavy atom. The molecule has 1 aromatic heterocycles. The topological polar surface area (TPSA) is 68.0 Å². The zero-order valence-corrected chi connectivity index (χ0v) is 18.8. The summed E-state index contributed by atoms with van der Waals surface area (Å²) in [7, 11) is 1.75. The van der Waals surface area contributed by atoms with Gasteiger partial charge in [0.25, 0.3) is 0 Å². The van der Waals surface area contributed by atoms with E-state index in [1.54, 1.807) is 7.05 Å². The van der Waals surface area contributed by atoms with Crippen LogP contribution in [0.5, 0.6) is 0 Å². The second kappa shape index (κ2) is 13.8. The van der Waals surface area contributed by atoms with Gasteiger partial charge >= 0.3 is 0 Å². The van der Waals surface area contributed by atoms with E-state index in [2.05, 4.69) is 35.5 Å². The summed E-state index contributed by atoms with van der Waals surface area (Å²) >= 11 is 0. The van der Waals surface area contributed by atoms with E-state index in [1.165, 1.54) is 0 Å². The van der Waals surface area contributed by atoms with Gasteiger partial charge in [0.15, 0.2) is 5.96 Å². The molecular weight excluding hydrogens is 457 g/mol. The number of furan rings is 1. The number of benzene rings is 1. The van der Waals surface area contributed by atoms with Gasteiger partial charge in [0.1, 0.15) is 11.3 Å². The van der Waals surface area contributed by atoms with Gasteiger partial charge < -0.3 is 24.5 Å². The molecule has 2 aromatic rings. The summed E-state index contributed by atoms with van der Waals surface area (Å²) in [4.78, 5) is 4.25. The van der Waals surface area contributed by atoms with Gasteiger partial charge in [-0.1, -0.05) is 31.5 Å². The van der Waals surface area contributed by atoms with Crippen LogP contribution in [0.4, 0.5) is 0 Å². The minimum Gasteiger partial charge on any atom is -0.459 e. The van der Waals surface area contributed by atoms with Gasteiger partial charge in [-0.15, -0.1) is 24.0 Å². The Bertz CT molecular complexity index is 642. The molecule has 0 bridgehead atoms. The van der Waals surface area contributed by atoms with Crippen LogP contribution in [-0.2, 0) is 9.47 Å². The Morgan fingerprint density at radius 1 is 1.15 bits per heavy atom. The number of nitrogens with one attached hydrogen (secondary N) is 2. The van der Waals surface area contributed by atoms with Crippen LogP contribution >= 0.6 is 24.0 Å². The van der Waals surface area contributed by atoms with Crippen molar-refractivity contribution < 1.29 is 13.9 Å². The maximum Gasteiger partial charge on any atom is 0.191 e. The first-order valence-corrected chi connectivity index (χ1v) is 9.35. The third-order valence-corrected chi connectivity index (χ3v) is 4.00. The second-order valence-electron chi connectivity index (χ2n) is 6.13. The lowest BCUT2D eigenvalue weighted by Gasteiger charge is -2.16. The number of para-hydroxylation sites is 1. The zero-order chi connectivity index (χ0) is 18.6. The standard InChI is InChI=1S/C20H31N3O3.HI/c1-4-5-11-24-13-14-25-12-10-22-20(21-3)23-16(2)19-15-17-8-6-7-9-18(17)26-19;/h6-9,15-16H,4-5,10-14H2,1-3H3,(H2,21,22,23);1H. The van der Waals surface area contributed by atoms with Crippen molar-refractivity contribution in [3.63, 3.8) is 0 Å². The molecule has 0 saturated heterocycles. The van der Waals surface area contributed by atoms with Crippen molar-refractivity contribution in [1.82, 2.24) is 10.6 Å². The number of halogens is 1. The molecule has 0 amide bonds. The quantitative estimate of drug-likeness (QED) is 0.215. The van der Waals surface area contributed by atoms with Crippen molar-refractivity contribution in [3.05, 3.63) is 36.1 Å². The fourth-order valence-electron chi connectivity index (χ4n) is 2.50. The zero-order valence-electron chi connectivity index (χ0n) is 16.5. The van der Waals surface area contributed by atoms with Crippen LogP contribution in [0, 0.1) is 0 Å². The third kappa shape index (κ3) is 8.49. The van der Waals surface area contributed by atoms with Gasteiger partial charge in [-0.05, 0) is 25.5 Å². The van der Waals surface area contributed by atoms with Crippen molar-refractivity contribution in [3.8, 4) is 0 Å². The van der Waals surface area contributed by atoms with Crippen LogP contribution in [0.25, 0.3) is 11.0 Å². The summed E-state index contributed by atoms with van der Waals surface area (Å²) in [6.07, 6.45) is 2.26. The molecule has 0 fully saturated rings. The van der Waals surface area contributed by atoms with Gasteiger partial charge in [-0.3, -0.25) is 4.99 Å². The predicted octanol–water partition coefficient (Wildman–Crippen LogP) is 4.11. The van der Waals surface area contributed by atoms with E-state index in [1.807, 2.05) is 24.3 Å².